The van der Waals surface area contributed by atoms with Crippen molar-refractivity contribution in [3.8, 4) is 0 Å². The standard InChI is InChI=1S/C23H28F2N2O3S/c1-16(18-10-9-17-6-3-4-7-19(17)14-18)26-23(28)8-5-13-27(31(2,29)30)20-11-12-21(24)22(25)15-20/h9-12,14-16H,3-8,13H2,1-2H3,(H,26,28)/t16-/m0/s1. The van der Waals surface area contributed by atoms with Gasteiger partial charge in [0.15, 0.2) is 11.6 Å². The number of carbonyl (C=O) groups excluding carboxylic acids is 1. The Hall–Kier alpha value is -2.48. The Morgan fingerprint density at radius 3 is 2.45 bits per heavy atom. The van der Waals surface area contributed by atoms with Crippen molar-refractivity contribution in [1.29, 1.82) is 0 Å². The number of benzene rings is 2. The van der Waals surface area contributed by atoms with E-state index >= 15 is 0 Å². The van der Waals surface area contributed by atoms with Crippen LogP contribution in [0.15, 0.2) is 36.4 Å². The molecule has 1 atom stereocenters. The lowest BCUT2D eigenvalue weighted by atomic mass is 9.89. The first kappa shape index (κ1) is 23.2. The van der Waals surface area contributed by atoms with Gasteiger partial charge in [-0.3, -0.25) is 9.10 Å². The quantitative estimate of drug-likeness (QED) is 0.653. The first-order valence-corrected chi connectivity index (χ1v) is 12.3. The molecule has 0 aliphatic heterocycles. The lowest BCUT2D eigenvalue weighted by Gasteiger charge is -2.23. The van der Waals surface area contributed by atoms with Crippen LogP contribution in [-0.2, 0) is 27.7 Å². The average molecular weight is 451 g/mol. The van der Waals surface area contributed by atoms with Gasteiger partial charge in [-0.1, -0.05) is 18.2 Å². The fraction of sp³-hybridized carbons (Fsp3) is 0.435. The van der Waals surface area contributed by atoms with E-state index in [-0.39, 0.29) is 37.0 Å². The largest absolute Gasteiger partial charge is 0.350 e. The maximum Gasteiger partial charge on any atom is 0.232 e. The Kier molecular flexibility index (Phi) is 7.30. The molecule has 0 spiro atoms. The molecule has 8 heteroatoms. The number of rotatable bonds is 8. The molecule has 0 fully saturated rings. The average Bonchev–Trinajstić information content (AvgIpc) is 2.72. The molecule has 2 aromatic rings. The Bertz CT molecular complexity index is 1060. The molecule has 1 amide bonds. The predicted molar refractivity (Wildman–Crippen MR) is 117 cm³/mol. The van der Waals surface area contributed by atoms with Crippen LogP contribution in [-0.4, -0.2) is 27.1 Å². The lowest BCUT2D eigenvalue weighted by Crippen LogP contribution is -2.32. The Labute approximate surface area is 182 Å². The molecule has 0 saturated heterocycles. The minimum absolute atomic E-state index is 0.00937. The van der Waals surface area contributed by atoms with Gasteiger partial charge in [0.2, 0.25) is 15.9 Å². The van der Waals surface area contributed by atoms with Gasteiger partial charge in [-0.05, 0) is 67.9 Å². The molecule has 1 N–H and O–H groups in total. The zero-order valence-electron chi connectivity index (χ0n) is 17.8. The van der Waals surface area contributed by atoms with Crippen molar-refractivity contribution < 1.29 is 22.0 Å². The van der Waals surface area contributed by atoms with Crippen LogP contribution in [0.5, 0.6) is 0 Å². The van der Waals surface area contributed by atoms with E-state index in [1.165, 1.54) is 30.0 Å². The molecule has 3 rings (SSSR count). The summed E-state index contributed by atoms with van der Waals surface area (Å²) in [5.74, 6) is -2.36. The van der Waals surface area contributed by atoms with Crippen LogP contribution in [0.3, 0.4) is 0 Å². The molecular formula is C23H28F2N2O3S. The third-order valence-corrected chi connectivity index (χ3v) is 6.80. The summed E-state index contributed by atoms with van der Waals surface area (Å²) in [6.07, 6.45) is 5.92. The van der Waals surface area contributed by atoms with Gasteiger partial charge in [0.05, 0.1) is 18.0 Å². The SMILES string of the molecule is C[C@H](NC(=O)CCCN(c1ccc(F)c(F)c1)S(C)(=O)=O)c1ccc2c(c1)CCCC2. The van der Waals surface area contributed by atoms with Crippen LogP contribution in [0.25, 0.3) is 0 Å². The van der Waals surface area contributed by atoms with E-state index in [4.69, 9.17) is 0 Å². The highest BCUT2D eigenvalue weighted by Gasteiger charge is 2.20. The number of nitrogens with zero attached hydrogens (tertiary/aromatic N) is 1. The van der Waals surface area contributed by atoms with Gasteiger partial charge in [0.1, 0.15) is 0 Å². The molecular weight excluding hydrogens is 422 g/mol. The summed E-state index contributed by atoms with van der Waals surface area (Å²) in [5.41, 5.74) is 3.81. The van der Waals surface area contributed by atoms with Crippen molar-refractivity contribution in [2.24, 2.45) is 0 Å². The van der Waals surface area contributed by atoms with Crippen molar-refractivity contribution in [3.63, 3.8) is 0 Å². The first-order valence-electron chi connectivity index (χ1n) is 10.5. The molecule has 31 heavy (non-hydrogen) atoms. The van der Waals surface area contributed by atoms with Gasteiger partial charge in [-0.2, -0.15) is 0 Å². The summed E-state index contributed by atoms with van der Waals surface area (Å²) in [4.78, 5) is 12.4. The van der Waals surface area contributed by atoms with Crippen LogP contribution < -0.4 is 9.62 Å². The van der Waals surface area contributed by atoms with E-state index in [0.717, 1.165) is 41.1 Å². The van der Waals surface area contributed by atoms with E-state index < -0.39 is 21.7 Å². The number of carbonyl (C=O) groups is 1. The minimum atomic E-state index is -3.71. The summed E-state index contributed by atoms with van der Waals surface area (Å²) >= 11 is 0. The van der Waals surface area contributed by atoms with Crippen molar-refractivity contribution in [2.45, 2.75) is 51.5 Å². The number of fused-ring (bicyclic) bond motifs is 1. The number of hydrogen-bond donors (Lipinski definition) is 1. The third kappa shape index (κ3) is 6.03. The van der Waals surface area contributed by atoms with E-state index in [0.29, 0.717) is 0 Å². The molecule has 0 aromatic heterocycles. The van der Waals surface area contributed by atoms with Crippen molar-refractivity contribution in [1.82, 2.24) is 5.32 Å². The lowest BCUT2D eigenvalue weighted by molar-refractivity contribution is -0.121. The maximum atomic E-state index is 13.5. The third-order valence-electron chi connectivity index (χ3n) is 5.61. The number of amides is 1. The maximum absolute atomic E-state index is 13.5. The Morgan fingerprint density at radius 2 is 1.77 bits per heavy atom. The molecule has 168 valence electrons. The van der Waals surface area contributed by atoms with E-state index in [9.17, 15) is 22.0 Å². The first-order chi connectivity index (χ1) is 14.6. The summed E-state index contributed by atoms with van der Waals surface area (Å²) in [5, 5.41) is 2.96. The highest BCUT2D eigenvalue weighted by Crippen LogP contribution is 2.25. The number of anilines is 1. The zero-order chi connectivity index (χ0) is 22.6. The predicted octanol–water partition coefficient (Wildman–Crippen LogP) is 4.27. The topological polar surface area (TPSA) is 66.5 Å². The van der Waals surface area contributed by atoms with Gasteiger partial charge >= 0.3 is 0 Å². The molecule has 0 heterocycles. The van der Waals surface area contributed by atoms with E-state index in [2.05, 4.69) is 17.4 Å². The number of nitrogens with one attached hydrogen (secondary N) is 1. The summed E-state index contributed by atoms with van der Waals surface area (Å²) < 4.78 is 51.9. The van der Waals surface area contributed by atoms with Crippen molar-refractivity contribution in [3.05, 3.63) is 64.7 Å². The molecule has 1 aliphatic carbocycles. The highest BCUT2D eigenvalue weighted by molar-refractivity contribution is 7.92. The summed E-state index contributed by atoms with van der Waals surface area (Å²) in [7, 11) is -3.71. The number of sulfonamides is 1. The van der Waals surface area contributed by atoms with Gasteiger partial charge in [0, 0.05) is 19.0 Å². The van der Waals surface area contributed by atoms with E-state index in [1.807, 2.05) is 13.0 Å². The van der Waals surface area contributed by atoms with Crippen molar-refractivity contribution in [2.75, 3.05) is 17.1 Å². The molecule has 0 saturated carbocycles. The van der Waals surface area contributed by atoms with E-state index in [1.54, 1.807) is 0 Å². The fourth-order valence-corrected chi connectivity index (χ4v) is 4.89. The molecule has 0 bridgehead atoms. The van der Waals surface area contributed by atoms with Crippen LogP contribution >= 0.6 is 0 Å². The second-order valence-electron chi connectivity index (χ2n) is 8.06. The molecule has 0 radical (unpaired) electrons. The summed E-state index contributed by atoms with van der Waals surface area (Å²) in [6, 6.07) is 9.12. The van der Waals surface area contributed by atoms with Crippen molar-refractivity contribution >= 4 is 21.6 Å². The van der Waals surface area contributed by atoms with Crippen LogP contribution in [0, 0.1) is 11.6 Å². The minimum Gasteiger partial charge on any atom is -0.350 e. The Morgan fingerprint density at radius 1 is 1.06 bits per heavy atom. The van der Waals surface area contributed by atoms with Crippen LogP contribution in [0.1, 0.15) is 55.3 Å². The van der Waals surface area contributed by atoms with Gasteiger partial charge in [0.25, 0.3) is 0 Å². The normalized spacial score (nSPS) is 14.6. The monoisotopic (exact) mass is 450 g/mol. The zero-order valence-corrected chi connectivity index (χ0v) is 18.6. The number of halogens is 2. The summed E-state index contributed by atoms with van der Waals surface area (Å²) in [6.45, 7) is 1.91. The van der Waals surface area contributed by atoms with Gasteiger partial charge < -0.3 is 5.32 Å². The Balaban J connectivity index is 1.57. The second-order valence-corrected chi connectivity index (χ2v) is 9.97. The highest BCUT2D eigenvalue weighted by atomic mass is 32.2. The molecule has 0 unspecified atom stereocenters. The van der Waals surface area contributed by atoms with Crippen LogP contribution in [0.4, 0.5) is 14.5 Å². The number of hydrogen-bond acceptors (Lipinski definition) is 3. The van der Waals surface area contributed by atoms with Gasteiger partial charge in [-0.25, -0.2) is 17.2 Å². The van der Waals surface area contributed by atoms with Gasteiger partial charge in [-0.15, -0.1) is 0 Å². The number of aryl methyl sites for hydroxylation is 2. The molecule has 2 aromatic carbocycles. The fourth-order valence-electron chi connectivity index (χ4n) is 3.93. The molecule has 1 aliphatic rings. The molecule has 5 nitrogen and oxygen atoms in total. The van der Waals surface area contributed by atoms with Crippen LogP contribution in [0.2, 0.25) is 0 Å². The smallest absolute Gasteiger partial charge is 0.232 e. The second kappa shape index (κ2) is 9.77.